The van der Waals surface area contributed by atoms with Gasteiger partial charge in [-0.3, -0.25) is 4.84 Å². The summed E-state index contributed by atoms with van der Waals surface area (Å²) in [5, 5.41) is 0. The summed E-state index contributed by atoms with van der Waals surface area (Å²) < 4.78 is 1.96. The maximum atomic E-state index is 5.47. The van der Waals surface area contributed by atoms with Crippen LogP contribution in [0.15, 0.2) is 43.0 Å². The molecule has 1 aromatic carbocycles. The summed E-state index contributed by atoms with van der Waals surface area (Å²) in [5.41, 5.74) is 5.44. The fourth-order valence-electron chi connectivity index (χ4n) is 1.95. The number of aromatic nitrogens is 4. The van der Waals surface area contributed by atoms with Crippen LogP contribution >= 0.6 is 0 Å². The van der Waals surface area contributed by atoms with Gasteiger partial charge in [0.2, 0.25) is 0 Å². The number of nitrogens with zero attached hydrogens (tertiary/aromatic N) is 4. The zero-order valence-corrected chi connectivity index (χ0v) is 11.2. The smallest absolute Gasteiger partial charge is 0.181 e. The number of hydrogen-bond acceptors (Lipinski definition) is 5. The van der Waals surface area contributed by atoms with Crippen molar-refractivity contribution in [2.45, 2.75) is 20.1 Å². The largest absolute Gasteiger partial charge is 0.315 e. The van der Waals surface area contributed by atoms with Crippen LogP contribution in [0.2, 0.25) is 0 Å². The molecule has 0 aliphatic carbocycles. The van der Waals surface area contributed by atoms with Crippen molar-refractivity contribution in [3.63, 3.8) is 0 Å². The molecule has 0 unspecified atom stereocenters. The fraction of sp³-hybridized carbons (Fsp3) is 0.214. The van der Waals surface area contributed by atoms with E-state index in [1.54, 1.807) is 6.33 Å². The lowest BCUT2D eigenvalue weighted by Gasteiger charge is -2.06. The van der Waals surface area contributed by atoms with Crippen molar-refractivity contribution in [3.8, 4) is 0 Å². The highest BCUT2D eigenvalue weighted by Crippen LogP contribution is 2.17. The molecule has 0 spiro atoms. The number of benzene rings is 1. The van der Waals surface area contributed by atoms with E-state index < -0.39 is 0 Å². The van der Waals surface area contributed by atoms with Crippen LogP contribution in [0.4, 0.5) is 5.82 Å². The Labute approximate surface area is 116 Å². The second-order valence-corrected chi connectivity index (χ2v) is 4.30. The van der Waals surface area contributed by atoms with E-state index >= 15 is 0 Å². The quantitative estimate of drug-likeness (QED) is 0.720. The molecule has 0 aliphatic heterocycles. The van der Waals surface area contributed by atoms with Gasteiger partial charge in [-0.25, -0.2) is 20.4 Å². The Balaban J connectivity index is 1.73. The first-order valence-electron chi connectivity index (χ1n) is 6.46. The van der Waals surface area contributed by atoms with Gasteiger partial charge >= 0.3 is 0 Å². The van der Waals surface area contributed by atoms with Gasteiger partial charge in [-0.1, -0.05) is 30.3 Å². The van der Waals surface area contributed by atoms with E-state index in [9.17, 15) is 0 Å². The molecule has 0 amide bonds. The van der Waals surface area contributed by atoms with E-state index in [1.807, 2.05) is 41.8 Å². The van der Waals surface area contributed by atoms with Gasteiger partial charge in [0, 0.05) is 6.54 Å². The summed E-state index contributed by atoms with van der Waals surface area (Å²) in [6, 6.07) is 9.93. The van der Waals surface area contributed by atoms with Crippen LogP contribution in [0.3, 0.4) is 0 Å². The van der Waals surface area contributed by atoms with Crippen LogP contribution in [-0.4, -0.2) is 19.5 Å². The lowest BCUT2D eigenvalue weighted by Crippen LogP contribution is -2.04. The maximum absolute atomic E-state index is 5.47. The molecule has 6 nitrogen and oxygen atoms in total. The second-order valence-electron chi connectivity index (χ2n) is 4.30. The Kier molecular flexibility index (Phi) is 3.56. The molecule has 0 aliphatic rings. The number of anilines is 1. The Morgan fingerprint density at radius 3 is 2.80 bits per heavy atom. The highest BCUT2D eigenvalue weighted by molar-refractivity contribution is 5.82. The highest BCUT2D eigenvalue weighted by atomic mass is 16.6. The van der Waals surface area contributed by atoms with Gasteiger partial charge < -0.3 is 4.57 Å². The topological polar surface area (TPSA) is 64.9 Å². The Bertz CT molecular complexity index is 695. The normalized spacial score (nSPS) is 10.8. The van der Waals surface area contributed by atoms with Gasteiger partial charge in [-0.2, -0.15) is 0 Å². The molecule has 3 rings (SSSR count). The average Bonchev–Trinajstić information content (AvgIpc) is 2.92. The molecule has 0 saturated heterocycles. The Morgan fingerprint density at radius 1 is 1.15 bits per heavy atom. The number of imidazole rings is 1. The van der Waals surface area contributed by atoms with Crippen molar-refractivity contribution < 1.29 is 4.84 Å². The molecular weight excluding hydrogens is 254 g/mol. The minimum atomic E-state index is 0.459. The van der Waals surface area contributed by atoms with Gasteiger partial charge in [0.15, 0.2) is 17.0 Å². The molecule has 2 heterocycles. The van der Waals surface area contributed by atoms with Crippen LogP contribution in [0.5, 0.6) is 0 Å². The number of rotatable bonds is 5. The first-order valence-corrected chi connectivity index (χ1v) is 6.46. The number of fused-ring (bicyclic) bond motifs is 1. The molecule has 102 valence electrons. The van der Waals surface area contributed by atoms with Crippen molar-refractivity contribution in [1.29, 1.82) is 0 Å². The first kappa shape index (κ1) is 12.6. The first-order chi connectivity index (χ1) is 9.88. The minimum Gasteiger partial charge on any atom is -0.315 e. The van der Waals surface area contributed by atoms with Crippen molar-refractivity contribution in [1.82, 2.24) is 19.5 Å². The Morgan fingerprint density at radius 2 is 2.00 bits per heavy atom. The van der Waals surface area contributed by atoms with Crippen LogP contribution in [0.1, 0.15) is 12.5 Å². The summed E-state index contributed by atoms with van der Waals surface area (Å²) in [6.45, 7) is 3.32. The van der Waals surface area contributed by atoms with Crippen LogP contribution < -0.4 is 5.48 Å². The van der Waals surface area contributed by atoms with E-state index in [2.05, 4.69) is 20.4 Å². The van der Waals surface area contributed by atoms with Crippen LogP contribution in [-0.2, 0) is 18.0 Å². The van der Waals surface area contributed by atoms with E-state index in [-0.39, 0.29) is 0 Å². The zero-order valence-electron chi connectivity index (χ0n) is 11.2. The lowest BCUT2D eigenvalue weighted by molar-refractivity contribution is 0.179. The third kappa shape index (κ3) is 2.46. The molecule has 0 fully saturated rings. The van der Waals surface area contributed by atoms with Crippen molar-refractivity contribution in [2.24, 2.45) is 0 Å². The molecular formula is C14H15N5O. The van der Waals surface area contributed by atoms with E-state index in [0.29, 0.717) is 17.9 Å². The second kappa shape index (κ2) is 5.66. The van der Waals surface area contributed by atoms with Crippen molar-refractivity contribution in [3.05, 3.63) is 48.5 Å². The van der Waals surface area contributed by atoms with Gasteiger partial charge in [-0.05, 0) is 12.5 Å². The number of aryl methyl sites for hydroxylation is 1. The molecule has 2 aromatic heterocycles. The summed E-state index contributed by atoms with van der Waals surface area (Å²) >= 11 is 0. The molecule has 0 saturated carbocycles. The van der Waals surface area contributed by atoms with Crippen molar-refractivity contribution in [2.75, 3.05) is 5.48 Å². The third-order valence-corrected chi connectivity index (χ3v) is 2.99. The van der Waals surface area contributed by atoms with Crippen molar-refractivity contribution >= 4 is 17.0 Å². The molecule has 0 radical (unpaired) electrons. The molecule has 1 N–H and O–H groups in total. The lowest BCUT2D eigenvalue weighted by atomic mass is 10.2. The average molecular weight is 269 g/mol. The van der Waals surface area contributed by atoms with Crippen LogP contribution in [0.25, 0.3) is 11.2 Å². The van der Waals surface area contributed by atoms with Gasteiger partial charge in [0.1, 0.15) is 6.33 Å². The highest BCUT2D eigenvalue weighted by Gasteiger charge is 2.08. The Hall–Kier alpha value is -2.47. The molecule has 3 aromatic rings. The summed E-state index contributed by atoms with van der Waals surface area (Å²) in [4.78, 5) is 18.2. The SMILES string of the molecule is CCn1cnc2c(NOCc3ccccc3)ncnc21. The molecule has 6 heteroatoms. The zero-order chi connectivity index (χ0) is 13.8. The standard InChI is InChI=1S/C14H15N5O/c1-2-19-10-17-12-13(15-9-16-14(12)19)18-20-8-11-6-4-3-5-7-11/h3-7,9-10H,2,8H2,1H3,(H,15,16,18). The molecule has 20 heavy (non-hydrogen) atoms. The minimum absolute atomic E-state index is 0.459. The number of hydrogen-bond donors (Lipinski definition) is 1. The fourth-order valence-corrected chi connectivity index (χ4v) is 1.95. The maximum Gasteiger partial charge on any atom is 0.181 e. The monoisotopic (exact) mass is 269 g/mol. The summed E-state index contributed by atoms with van der Waals surface area (Å²) in [5.74, 6) is 0.582. The summed E-state index contributed by atoms with van der Waals surface area (Å²) in [7, 11) is 0. The van der Waals surface area contributed by atoms with E-state index in [0.717, 1.165) is 17.8 Å². The molecule has 0 bridgehead atoms. The van der Waals surface area contributed by atoms with Crippen LogP contribution in [0, 0.1) is 0 Å². The van der Waals surface area contributed by atoms with Gasteiger partial charge in [0.25, 0.3) is 0 Å². The van der Waals surface area contributed by atoms with Gasteiger partial charge in [0.05, 0.1) is 12.9 Å². The molecule has 0 atom stereocenters. The summed E-state index contributed by atoms with van der Waals surface area (Å²) in [6.07, 6.45) is 3.26. The number of nitrogens with one attached hydrogen (secondary N) is 1. The van der Waals surface area contributed by atoms with E-state index in [4.69, 9.17) is 4.84 Å². The van der Waals surface area contributed by atoms with E-state index in [1.165, 1.54) is 6.33 Å². The predicted molar refractivity (Wildman–Crippen MR) is 75.9 cm³/mol. The third-order valence-electron chi connectivity index (χ3n) is 2.99. The van der Waals surface area contributed by atoms with Gasteiger partial charge in [-0.15, -0.1) is 0 Å². The predicted octanol–water partition coefficient (Wildman–Crippen LogP) is 2.39.